The quantitative estimate of drug-likeness (QED) is 0.847. The van der Waals surface area contributed by atoms with E-state index in [0.717, 1.165) is 5.76 Å². The molecule has 1 aromatic carbocycles. The molecular weight excluding hydrogens is 258 g/mol. The molecule has 0 spiro atoms. The highest BCUT2D eigenvalue weighted by atomic mass is 16.5. The lowest BCUT2D eigenvalue weighted by molar-refractivity contribution is 0.0434. The Bertz CT molecular complexity index is 630. The van der Waals surface area contributed by atoms with Gasteiger partial charge >= 0.3 is 5.97 Å². The van der Waals surface area contributed by atoms with Crippen molar-refractivity contribution in [1.82, 2.24) is 0 Å². The molecular formula is C15H15NO4. The second kappa shape index (κ2) is 6.06. The number of amides is 1. The highest BCUT2D eigenvalue weighted by Gasteiger charge is 2.12. The maximum atomic E-state index is 11.8. The van der Waals surface area contributed by atoms with Crippen LogP contribution in [0.4, 0.5) is 0 Å². The lowest BCUT2D eigenvalue weighted by Crippen LogP contribution is -2.11. The maximum Gasteiger partial charge on any atom is 0.374 e. The van der Waals surface area contributed by atoms with Crippen LogP contribution >= 0.6 is 0 Å². The Morgan fingerprint density at radius 2 is 2.05 bits per heavy atom. The van der Waals surface area contributed by atoms with Crippen LogP contribution in [0, 0.1) is 0 Å². The standard InChI is InChI=1S/C15H15NO4/c1-2-12-6-7-13(20-12)15(18)19-9-10-4-3-5-11(8-10)14(16)17/h3-8H,2,9H2,1H3,(H2,16,17). The molecule has 1 amide bonds. The number of hydrogen-bond acceptors (Lipinski definition) is 4. The highest BCUT2D eigenvalue weighted by molar-refractivity contribution is 5.92. The van der Waals surface area contributed by atoms with Crippen molar-refractivity contribution in [3.63, 3.8) is 0 Å². The van der Waals surface area contributed by atoms with Crippen molar-refractivity contribution in [2.45, 2.75) is 20.0 Å². The minimum absolute atomic E-state index is 0.0577. The molecule has 2 N–H and O–H groups in total. The van der Waals surface area contributed by atoms with Gasteiger partial charge in [-0.25, -0.2) is 4.79 Å². The topological polar surface area (TPSA) is 82.5 Å². The summed E-state index contributed by atoms with van der Waals surface area (Å²) in [4.78, 5) is 22.8. The number of rotatable bonds is 5. The van der Waals surface area contributed by atoms with Crippen molar-refractivity contribution in [3.05, 3.63) is 59.0 Å². The van der Waals surface area contributed by atoms with Gasteiger partial charge < -0.3 is 14.9 Å². The average Bonchev–Trinajstić information content (AvgIpc) is 2.94. The Balaban J connectivity index is 1.99. The Morgan fingerprint density at radius 3 is 2.70 bits per heavy atom. The largest absolute Gasteiger partial charge is 0.455 e. The Morgan fingerprint density at radius 1 is 1.25 bits per heavy atom. The normalized spacial score (nSPS) is 10.2. The van der Waals surface area contributed by atoms with Gasteiger partial charge in [-0.05, 0) is 29.8 Å². The van der Waals surface area contributed by atoms with Crippen molar-refractivity contribution in [3.8, 4) is 0 Å². The van der Waals surface area contributed by atoms with Gasteiger partial charge in [-0.2, -0.15) is 0 Å². The summed E-state index contributed by atoms with van der Waals surface area (Å²) in [5, 5.41) is 0. The van der Waals surface area contributed by atoms with Gasteiger partial charge in [0, 0.05) is 12.0 Å². The molecule has 0 bridgehead atoms. The van der Waals surface area contributed by atoms with E-state index in [9.17, 15) is 9.59 Å². The van der Waals surface area contributed by atoms with E-state index >= 15 is 0 Å². The summed E-state index contributed by atoms with van der Waals surface area (Å²) >= 11 is 0. The highest BCUT2D eigenvalue weighted by Crippen LogP contribution is 2.12. The van der Waals surface area contributed by atoms with E-state index in [4.69, 9.17) is 14.9 Å². The third-order valence-electron chi connectivity index (χ3n) is 2.79. The zero-order valence-electron chi connectivity index (χ0n) is 11.1. The lowest BCUT2D eigenvalue weighted by atomic mass is 10.1. The van der Waals surface area contributed by atoms with Crippen LogP contribution in [0.15, 0.2) is 40.8 Å². The molecule has 0 radical (unpaired) electrons. The molecule has 1 heterocycles. The van der Waals surface area contributed by atoms with Crippen molar-refractivity contribution in [2.75, 3.05) is 0 Å². The number of aryl methyl sites for hydroxylation is 1. The average molecular weight is 273 g/mol. The van der Waals surface area contributed by atoms with E-state index < -0.39 is 11.9 Å². The molecule has 2 aromatic rings. The summed E-state index contributed by atoms with van der Waals surface area (Å²) < 4.78 is 10.4. The fourth-order valence-corrected chi connectivity index (χ4v) is 1.71. The Hall–Kier alpha value is -2.56. The van der Waals surface area contributed by atoms with Crippen molar-refractivity contribution in [2.24, 2.45) is 5.73 Å². The molecule has 2 rings (SSSR count). The van der Waals surface area contributed by atoms with E-state index in [-0.39, 0.29) is 12.4 Å². The summed E-state index contributed by atoms with van der Waals surface area (Å²) in [7, 11) is 0. The van der Waals surface area contributed by atoms with Gasteiger partial charge in [0.25, 0.3) is 0 Å². The van der Waals surface area contributed by atoms with E-state index in [0.29, 0.717) is 17.5 Å². The summed E-state index contributed by atoms with van der Waals surface area (Å²) in [5.41, 5.74) is 6.26. The van der Waals surface area contributed by atoms with Crippen LogP contribution in [0.25, 0.3) is 0 Å². The van der Waals surface area contributed by atoms with Crippen LogP contribution in [-0.2, 0) is 17.8 Å². The molecule has 5 nitrogen and oxygen atoms in total. The van der Waals surface area contributed by atoms with Gasteiger partial charge in [-0.3, -0.25) is 4.79 Å². The fourth-order valence-electron chi connectivity index (χ4n) is 1.71. The second-order valence-electron chi connectivity index (χ2n) is 4.26. The van der Waals surface area contributed by atoms with Crippen molar-refractivity contribution in [1.29, 1.82) is 0 Å². The summed E-state index contributed by atoms with van der Waals surface area (Å²) in [6.07, 6.45) is 0.716. The van der Waals surface area contributed by atoms with Crippen LogP contribution < -0.4 is 5.73 Å². The van der Waals surface area contributed by atoms with Crippen LogP contribution in [0.5, 0.6) is 0 Å². The molecule has 20 heavy (non-hydrogen) atoms. The number of ether oxygens (including phenoxy) is 1. The second-order valence-corrected chi connectivity index (χ2v) is 4.26. The number of primary amides is 1. The molecule has 0 unspecified atom stereocenters. The lowest BCUT2D eigenvalue weighted by Gasteiger charge is -2.04. The molecule has 1 aromatic heterocycles. The van der Waals surface area contributed by atoms with Gasteiger partial charge in [0.2, 0.25) is 11.7 Å². The fraction of sp³-hybridized carbons (Fsp3) is 0.200. The first-order valence-electron chi connectivity index (χ1n) is 6.24. The van der Waals surface area contributed by atoms with Crippen LogP contribution in [0.3, 0.4) is 0 Å². The summed E-state index contributed by atoms with van der Waals surface area (Å²) in [5.74, 6) is -0.147. The number of carbonyl (C=O) groups is 2. The van der Waals surface area contributed by atoms with Gasteiger partial charge in [-0.15, -0.1) is 0 Å². The van der Waals surface area contributed by atoms with Crippen molar-refractivity contribution >= 4 is 11.9 Å². The molecule has 0 fully saturated rings. The minimum Gasteiger partial charge on any atom is -0.455 e. The van der Waals surface area contributed by atoms with Crippen molar-refractivity contribution < 1.29 is 18.7 Å². The summed E-state index contributed by atoms with van der Waals surface area (Å²) in [6, 6.07) is 9.96. The number of esters is 1. The number of benzene rings is 1. The third kappa shape index (κ3) is 3.26. The first-order chi connectivity index (χ1) is 9.60. The first-order valence-corrected chi connectivity index (χ1v) is 6.24. The number of hydrogen-bond donors (Lipinski definition) is 1. The number of furan rings is 1. The van der Waals surface area contributed by atoms with Crippen LogP contribution in [-0.4, -0.2) is 11.9 Å². The van der Waals surface area contributed by atoms with E-state index in [1.165, 1.54) is 0 Å². The van der Waals surface area contributed by atoms with E-state index in [1.807, 2.05) is 6.92 Å². The van der Waals surface area contributed by atoms with Crippen LogP contribution in [0.2, 0.25) is 0 Å². The molecule has 5 heteroatoms. The first kappa shape index (κ1) is 13.9. The smallest absolute Gasteiger partial charge is 0.374 e. The number of carbonyl (C=O) groups excluding carboxylic acids is 2. The maximum absolute atomic E-state index is 11.8. The zero-order chi connectivity index (χ0) is 14.5. The molecule has 0 saturated carbocycles. The third-order valence-corrected chi connectivity index (χ3v) is 2.79. The Kier molecular flexibility index (Phi) is 4.20. The predicted octanol–water partition coefficient (Wildman–Crippen LogP) is 2.30. The van der Waals surface area contributed by atoms with Gasteiger partial charge in [0.1, 0.15) is 12.4 Å². The molecule has 0 atom stereocenters. The Labute approximate surface area is 116 Å². The van der Waals surface area contributed by atoms with E-state index in [1.54, 1.807) is 36.4 Å². The molecule has 104 valence electrons. The molecule has 0 saturated heterocycles. The SMILES string of the molecule is CCc1ccc(C(=O)OCc2cccc(C(N)=O)c2)o1. The minimum atomic E-state index is -0.533. The van der Waals surface area contributed by atoms with Crippen LogP contribution in [0.1, 0.15) is 39.2 Å². The van der Waals surface area contributed by atoms with Gasteiger partial charge in [0.05, 0.1) is 0 Å². The predicted molar refractivity (Wildman–Crippen MR) is 72.2 cm³/mol. The zero-order valence-corrected chi connectivity index (χ0v) is 11.1. The van der Waals surface area contributed by atoms with Gasteiger partial charge in [-0.1, -0.05) is 19.1 Å². The monoisotopic (exact) mass is 273 g/mol. The summed E-state index contributed by atoms with van der Waals surface area (Å²) in [6.45, 7) is 1.99. The molecule has 0 aliphatic carbocycles. The number of nitrogens with two attached hydrogens (primary N) is 1. The van der Waals surface area contributed by atoms with E-state index in [2.05, 4.69) is 0 Å². The molecule has 0 aliphatic heterocycles. The van der Waals surface area contributed by atoms with Gasteiger partial charge in [0.15, 0.2) is 0 Å². The molecule has 0 aliphatic rings.